The molecule has 1 N–H and O–H groups in total. The van der Waals surface area contributed by atoms with Crippen LogP contribution in [0, 0.1) is 5.92 Å². The van der Waals surface area contributed by atoms with Gasteiger partial charge in [0.2, 0.25) is 0 Å². The van der Waals surface area contributed by atoms with Crippen molar-refractivity contribution >= 4 is 11.7 Å². The van der Waals surface area contributed by atoms with Crippen molar-refractivity contribution < 1.29 is 9.90 Å². The molecular formula is C16H23NO2. The summed E-state index contributed by atoms with van der Waals surface area (Å²) in [6.45, 7) is 7.43. The van der Waals surface area contributed by atoms with Gasteiger partial charge in [0, 0.05) is 24.2 Å². The Labute approximate surface area is 115 Å². The van der Waals surface area contributed by atoms with Crippen LogP contribution in [-0.2, 0) is 11.2 Å². The molecule has 1 saturated heterocycles. The summed E-state index contributed by atoms with van der Waals surface area (Å²) in [6.07, 6.45) is 2.22. The monoisotopic (exact) mass is 261 g/mol. The van der Waals surface area contributed by atoms with Gasteiger partial charge in [-0.3, -0.25) is 4.79 Å². The molecule has 1 heterocycles. The molecule has 1 aromatic carbocycles. The third-order valence-corrected chi connectivity index (χ3v) is 4.09. The number of carboxylic acid groups (broad SMARTS) is 1. The van der Waals surface area contributed by atoms with Crippen LogP contribution in [0.3, 0.4) is 0 Å². The molecule has 0 bridgehead atoms. The van der Waals surface area contributed by atoms with Crippen LogP contribution < -0.4 is 4.90 Å². The summed E-state index contributed by atoms with van der Waals surface area (Å²) in [5.41, 5.74) is 2.64. The van der Waals surface area contributed by atoms with Gasteiger partial charge in [-0.1, -0.05) is 25.1 Å². The maximum Gasteiger partial charge on any atom is 0.303 e. The van der Waals surface area contributed by atoms with Gasteiger partial charge in [0.1, 0.15) is 0 Å². The predicted octanol–water partition coefficient (Wildman–Crippen LogP) is 3.33. The fourth-order valence-electron chi connectivity index (χ4n) is 3.27. The quantitative estimate of drug-likeness (QED) is 0.903. The Morgan fingerprint density at radius 3 is 2.74 bits per heavy atom. The Hall–Kier alpha value is -1.51. The summed E-state index contributed by atoms with van der Waals surface area (Å²) in [5, 5.41) is 8.98. The lowest BCUT2D eigenvalue weighted by Crippen LogP contribution is -2.38. The molecule has 1 aromatic rings. The van der Waals surface area contributed by atoms with Crippen LogP contribution in [0.1, 0.15) is 39.2 Å². The Bertz CT molecular complexity index is 468. The van der Waals surface area contributed by atoms with E-state index in [1.54, 1.807) is 0 Å². The van der Waals surface area contributed by atoms with Gasteiger partial charge in [0.15, 0.2) is 0 Å². The molecule has 2 rings (SSSR count). The number of carboxylic acids is 1. The number of aryl methyl sites for hydroxylation is 1. The molecule has 1 atom stereocenters. The molecule has 0 amide bonds. The van der Waals surface area contributed by atoms with Crippen molar-refractivity contribution in [3.8, 4) is 0 Å². The molecular weight excluding hydrogens is 238 g/mol. The topological polar surface area (TPSA) is 40.5 Å². The minimum atomic E-state index is -0.688. The van der Waals surface area contributed by atoms with Crippen LogP contribution in [0.2, 0.25) is 0 Å². The van der Waals surface area contributed by atoms with Crippen LogP contribution in [-0.4, -0.2) is 23.2 Å². The largest absolute Gasteiger partial charge is 0.481 e. The molecule has 104 valence electrons. The maximum atomic E-state index is 10.9. The second-order valence-electron chi connectivity index (χ2n) is 6.07. The SMILES string of the molecule is CCc1ccccc1N1CC(CC(=O)O)CC1(C)C. The molecule has 19 heavy (non-hydrogen) atoms. The van der Waals surface area contributed by atoms with Gasteiger partial charge in [-0.15, -0.1) is 0 Å². The van der Waals surface area contributed by atoms with E-state index in [0.29, 0.717) is 0 Å². The van der Waals surface area contributed by atoms with E-state index < -0.39 is 5.97 Å². The first-order chi connectivity index (χ1) is 8.94. The number of anilines is 1. The Kier molecular flexibility index (Phi) is 3.83. The van der Waals surface area contributed by atoms with Crippen molar-refractivity contribution in [2.75, 3.05) is 11.4 Å². The van der Waals surface area contributed by atoms with Crippen LogP contribution in [0.4, 0.5) is 5.69 Å². The van der Waals surface area contributed by atoms with E-state index in [-0.39, 0.29) is 17.9 Å². The lowest BCUT2D eigenvalue weighted by atomic mass is 9.94. The van der Waals surface area contributed by atoms with E-state index in [1.807, 2.05) is 0 Å². The summed E-state index contributed by atoms with van der Waals surface area (Å²) < 4.78 is 0. The predicted molar refractivity (Wildman–Crippen MR) is 77.6 cm³/mol. The van der Waals surface area contributed by atoms with E-state index in [9.17, 15) is 4.79 Å². The highest BCUT2D eigenvalue weighted by Gasteiger charge is 2.39. The van der Waals surface area contributed by atoms with Crippen molar-refractivity contribution in [2.24, 2.45) is 5.92 Å². The van der Waals surface area contributed by atoms with Gasteiger partial charge >= 0.3 is 5.97 Å². The highest BCUT2D eigenvalue weighted by atomic mass is 16.4. The zero-order chi connectivity index (χ0) is 14.0. The number of rotatable bonds is 4. The minimum Gasteiger partial charge on any atom is -0.481 e. The Morgan fingerprint density at radius 2 is 2.11 bits per heavy atom. The lowest BCUT2D eigenvalue weighted by molar-refractivity contribution is -0.137. The average Bonchev–Trinajstić information content (AvgIpc) is 2.63. The number of carbonyl (C=O) groups is 1. The molecule has 1 unspecified atom stereocenters. The van der Waals surface area contributed by atoms with Crippen LogP contribution >= 0.6 is 0 Å². The molecule has 0 aliphatic carbocycles. The number of nitrogens with zero attached hydrogens (tertiary/aromatic N) is 1. The first-order valence-corrected chi connectivity index (χ1v) is 7.01. The second kappa shape index (κ2) is 5.24. The number of para-hydroxylation sites is 1. The van der Waals surface area contributed by atoms with Crippen LogP contribution in [0.15, 0.2) is 24.3 Å². The van der Waals surface area contributed by atoms with Gasteiger partial charge in [0.25, 0.3) is 0 Å². The summed E-state index contributed by atoms with van der Waals surface area (Å²) in [6, 6.07) is 8.45. The highest BCUT2D eigenvalue weighted by Crippen LogP contribution is 2.39. The lowest BCUT2D eigenvalue weighted by Gasteiger charge is -2.35. The van der Waals surface area contributed by atoms with E-state index in [4.69, 9.17) is 5.11 Å². The first-order valence-electron chi connectivity index (χ1n) is 7.01. The minimum absolute atomic E-state index is 0.0331. The summed E-state index contributed by atoms with van der Waals surface area (Å²) in [4.78, 5) is 13.3. The van der Waals surface area contributed by atoms with Gasteiger partial charge in [-0.25, -0.2) is 0 Å². The van der Waals surface area contributed by atoms with Gasteiger partial charge in [0.05, 0.1) is 0 Å². The zero-order valence-corrected chi connectivity index (χ0v) is 12.0. The van der Waals surface area contributed by atoms with Crippen molar-refractivity contribution in [1.82, 2.24) is 0 Å². The van der Waals surface area contributed by atoms with Crippen LogP contribution in [0.25, 0.3) is 0 Å². The average molecular weight is 261 g/mol. The fourth-order valence-corrected chi connectivity index (χ4v) is 3.27. The number of benzene rings is 1. The Morgan fingerprint density at radius 1 is 1.42 bits per heavy atom. The van der Waals surface area contributed by atoms with E-state index in [0.717, 1.165) is 19.4 Å². The number of hydrogen-bond acceptors (Lipinski definition) is 2. The van der Waals surface area contributed by atoms with Crippen molar-refractivity contribution in [3.05, 3.63) is 29.8 Å². The van der Waals surface area contributed by atoms with Gasteiger partial charge < -0.3 is 10.0 Å². The molecule has 1 fully saturated rings. The summed E-state index contributed by atoms with van der Waals surface area (Å²) >= 11 is 0. The number of aliphatic carboxylic acids is 1. The summed E-state index contributed by atoms with van der Waals surface area (Å²) in [5.74, 6) is -0.441. The van der Waals surface area contributed by atoms with Gasteiger partial charge in [-0.2, -0.15) is 0 Å². The normalized spacial score (nSPS) is 21.6. The van der Waals surface area contributed by atoms with E-state index in [1.165, 1.54) is 11.3 Å². The Balaban J connectivity index is 2.26. The fraction of sp³-hybridized carbons (Fsp3) is 0.562. The maximum absolute atomic E-state index is 10.9. The third-order valence-electron chi connectivity index (χ3n) is 4.09. The van der Waals surface area contributed by atoms with Crippen molar-refractivity contribution in [1.29, 1.82) is 0 Å². The van der Waals surface area contributed by atoms with Gasteiger partial charge in [-0.05, 0) is 44.2 Å². The molecule has 0 aromatic heterocycles. The molecule has 3 heteroatoms. The third kappa shape index (κ3) is 2.91. The standard InChI is InChI=1S/C16H23NO2/c1-4-13-7-5-6-8-14(13)17-11-12(9-15(18)19)10-16(17,2)3/h5-8,12H,4,9-11H2,1-3H3,(H,18,19). The zero-order valence-electron chi connectivity index (χ0n) is 12.0. The molecule has 0 spiro atoms. The van der Waals surface area contributed by atoms with E-state index in [2.05, 4.69) is 49.9 Å². The highest BCUT2D eigenvalue weighted by molar-refractivity contribution is 5.67. The van der Waals surface area contributed by atoms with Crippen LogP contribution in [0.5, 0.6) is 0 Å². The van der Waals surface area contributed by atoms with Crippen molar-refractivity contribution in [3.63, 3.8) is 0 Å². The molecule has 0 radical (unpaired) electrons. The molecule has 1 aliphatic heterocycles. The first kappa shape index (κ1) is 13.9. The summed E-state index contributed by atoms with van der Waals surface area (Å²) in [7, 11) is 0. The molecule has 0 saturated carbocycles. The van der Waals surface area contributed by atoms with E-state index >= 15 is 0 Å². The second-order valence-corrected chi connectivity index (χ2v) is 6.07. The smallest absolute Gasteiger partial charge is 0.303 e. The van der Waals surface area contributed by atoms with Crippen molar-refractivity contribution in [2.45, 2.75) is 45.6 Å². The molecule has 1 aliphatic rings. The number of hydrogen-bond donors (Lipinski definition) is 1. The molecule has 3 nitrogen and oxygen atoms in total.